The molecule has 100 valence electrons. The van der Waals surface area contributed by atoms with Crippen LogP contribution in [0.1, 0.15) is 51.9 Å². The minimum absolute atomic E-state index is 0.119. The third-order valence-electron chi connectivity index (χ3n) is 2.80. The number of nitrogens with zero attached hydrogens (tertiary/aromatic N) is 1. The highest BCUT2D eigenvalue weighted by Gasteiger charge is 2.14. The monoisotopic (exact) mass is 241 g/mol. The van der Waals surface area contributed by atoms with Crippen LogP contribution in [0.4, 0.5) is 0 Å². The van der Waals surface area contributed by atoms with E-state index < -0.39 is 0 Å². The van der Waals surface area contributed by atoms with Gasteiger partial charge in [-0.3, -0.25) is 4.90 Å². The first-order chi connectivity index (χ1) is 8.11. The van der Waals surface area contributed by atoms with Crippen molar-refractivity contribution < 1.29 is 9.53 Å². The number of hydrogen-bond donors (Lipinski definition) is 0. The van der Waals surface area contributed by atoms with Gasteiger partial charge in [0.05, 0.1) is 0 Å². The van der Waals surface area contributed by atoms with Gasteiger partial charge in [-0.2, -0.15) is 0 Å². The predicted molar refractivity (Wildman–Crippen MR) is 71.8 cm³/mol. The molecule has 0 N–H and O–H groups in total. The van der Waals surface area contributed by atoms with Crippen molar-refractivity contribution in [3.05, 3.63) is 12.7 Å². The van der Waals surface area contributed by atoms with Crippen LogP contribution >= 0.6 is 0 Å². The fourth-order valence-electron chi connectivity index (χ4n) is 1.70. The summed E-state index contributed by atoms with van der Waals surface area (Å²) in [6, 6.07) is 0. The van der Waals surface area contributed by atoms with Gasteiger partial charge < -0.3 is 4.74 Å². The molecule has 0 rings (SSSR count). The Kier molecular flexibility index (Phi) is 9.83. The molecule has 3 nitrogen and oxygen atoms in total. The van der Waals surface area contributed by atoms with E-state index in [1.165, 1.54) is 38.2 Å². The molecule has 1 unspecified atom stereocenters. The smallest absolute Gasteiger partial charge is 0.331 e. The second kappa shape index (κ2) is 10.3. The van der Waals surface area contributed by atoms with Crippen LogP contribution in [0.25, 0.3) is 0 Å². The molecule has 17 heavy (non-hydrogen) atoms. The standard InChI is InChI=1S/C14H27NO2/c1-5-7-8-9-10-11-12-13(15(3)4)17-14(16)6-2/h6,13H,2,5,7-12H2,1,3-4H3. The van der Waals surface area contributed by atoms with Crippen LogP contribution in [0.2, 0.25) is 0 Å². The van der Waals surface area contributed by atoms with Gasteiger partial charge in [0.15, 0.2) is 6.23 Å². The molecular weight excluding hydrogens is 214 g/mol. The highest BCUT2D eigenvalue weighted by molar-refractivity contribution is 5.81. The SMILES string of the molecule is C=CC(=O)OC(CCCCCCCC)N(C)C. The predicted octanol–water partition coefficient (Wildman–Crippen LogP) is 3.35. The molecule has 0 aromatic rings. The van der Waals surface area contributed by atoms with Gasteiger partial charge >= 0.3 is 5.97 Å². The summed E-state index contributed by atoms with van der Waals surface area (Å²) in [5, 5.41) is 0. The van der Waals surface area contributed by atoms with Crippen LogP contribution in [0, 0.1) is 0 Å². The van der Waals surface area contributed by atoms with Crippen molar-refractivity contribution in [1.82, 2.24) is 4.90 Å². The van der Waals surface area contributed by atoms with Crippen molar-refractivity contribution >= 4 is 5.97 Å². The Morgan fingerprint density at radius 3 is 2.35 bits per heavy atom. The third-order valence-corrected chi connectivity index (χ3v) is 2.80. The summed E-state index contributed by atoms with van der Waals surface area (Å²) >= 11 is 0. The van der Waals surface area contributed by atoms with E-state index in [1.807, 2.05) is 19.0 Å². The lowest BCUT2D eigenvalue weighted by Gasteiger charge is -2.23. The zero-order valence-corrected chi connectivity index (χ0v) is 11.6. The molecule has 0 saturated carbocycles. The van der Waals surface area contributed by atoms with Crippen LogP contribution in [0.3, 0.4) is 0 Å². The summed E-state index contributed by atoms with van der Waals surface area (Å²) in [6.07, 6.45) is 9.52. The van der Waals surface area contributed by atoms with E-state index >= 15 is 0 Å². The Labute approximate surface area is 106 Å². The highest BCUT2D eigenvalue weighted by atomic mass is 16.6. The van der Waals surface area contributed by atoms with Crippen molar-refractivity contribution in [3.8, 4) is 0 Å². The van der Waals surface area contributed by atoms with Crippen LogP contribution in [-0.4, -0.2) is 31.2 Å². The molecule has 0 bridgehead atoms. The molecule has 0 amide bonds. The fourth-order valence-corrected chi connectivity index (χ4v) is 1.70. The minimum atomic E-state index is -0.338. The Morgan fingerprint density at radius 1 is 1.24 bits per heavy atom. The number of esters is 1. The van der Waals surface area contributed by atoms with Crippen LogP contribution in [0.15, 0.2) is 12.7 Å². The van der Waals surface area contributed by atoms with Crippen LogP contribution in [-0.2, 0) is 9.53 Å². The summed E-state index contributed by atoms with van der Waals surface area (Å²) in [6.45, 7) is 5.63. The normalized spacial score (nSPS) is 12.5. The van der Waals surface area contributed by atoms with E-state index in [-0.39, 0.29) is 12.2 Å². The van der Waals surface area contributed by atoms with Crippen molar-refractivity contribution in [1.29, 1.82) is 0 Å². The summed E-state index contributed by atoms with van der Waals surface area (Å²) in [5.74, 6) is -0.338. The topological polar surface area (TPSA) is 29.5 Å². The number of carbonyl (C=O) groups excluding carboxylic acids is 1. The van der Waals surface area contributed by atoms with Crippen molar-refractivity contribution in [2.45, 2.75) is 58.1 Å². The second-order valence-electron chi connectivity index (χ2n) is 4.62. The van der Waals surface area contributed by atoms with E-state index in [2.05, 4.69) is 13.5 Å². The first-order valence-corrected chi connectivity index (χ1v) is 6.61. The van der Waals surface area contributed by atoms with E-state index in [0.717, 1.165) is 12.8 Å². The van der Waals surface area contributed by atoms with Gasteiger partial charge in [0, 0.05) is 6.08 Å². The molecule has 0 heterocycles. The summed E-state index contributed by atoms with van der Waals surface area (Å²) < 4.78 is 5.26. The number of unbranched alkanes of at least 4 members (excludes halogenated alkanes) is 5. The molecule has 0 fully saturated rings. The van der Waals surface area contributed by atoms with Crippen LogP contribution < -0.4 is 0 Å². The Morgan fingerprint density at radius 2 is 1.82 bits per heavy atom. The van der Waals surface area contributed by atoms with Gasteiger partial charge in [-0.05, 0) is 26.9 Å². The van der Waals surface area contributed by atoms with Gasteiger partial charge in [-0.1, -0.05) is 45.6 Å². The maximum Gasteiger partial charge on any atom is 0.331 e. The highest BCUT2D eigenvalue weighted by Crippen LogP contribution is 2.12. The Hall–Kier alpha value is -0.830. The van der Waals surface area contributed by atoms with Gasteiger partial charge in [0.25, 0.3) is 0 Å². The van der Waals surface area contributed by atoms with Crippen molar-refractivity contribution in [2.24, 2.45) is 0 Å². The Balaban J connectivity index is 3.70. The first kappa shape index (κ1) is 16.2. The summed E-state index contributed by atoms with van der Waals surface area (Å²) in [5.41, 5.74) is 0. The second-order valence-corrected chi connectivity index (χ2v) is 4.62. The molecule has 1 atom stereocenters. The zero-order valence-electron chi connectivity index (χ0n) is 11.6. The molecule has 0 aromatic carbocycles. The zero-order chi connectivity index (χ0) is 13.1. The minimum Gasteiger partial charge on any atom is -0.443 e. The molecular formula is C14H27NO2. The molecule has 0 aliphatic carbocycles. The summed E-state index contributed by atoms with van der Waals surface area (Å²) in [7, 11) is 3.86. The lowest BCUT2D eigenvalue weighted by molar-refractivity contribution is -0.151. The van der Waals surface area contributed by atoms with Gasteiger partial charge in [0.1, 0.15) is 0 Å². The lowest BCUT2D eigenvalue weighted by Crippen LogP contribution is -2.32. The average molecular weight is 241 g/mol. The molecule has 0 saturated heterocycles. The number of hydrogen-bond acceptors (Lipinski definition) is 3. The molecule has 3 heteroatoms. The maximum atomic E-state index is 11.1. The molecule has 0 radical (unpaired) electrons. The lowest BCUT2D eigenvalue weighted by atomic mass is 10.1. The van der Waals surface area contributed by atoms with Crippen LogP contribution in [0.5, 0.6) is 0 Å². The molecule has 0 aliphatic heterocycles. The number of ether oxygens (including phenoxy) is 1. The molecule has 0 spiro atoms. The number of carbonyl (C=O) groups is 1. The van der Waals surface area contributed by atoms with Crippen molar-refractivity contribution in [2.75, 3.05) is 14.1 Å². The largest absolute Gasteiger partial charge is 0.443 e. The third kappa shape index (κ3) is 8.93. The van der Waals surface area contributed by atoms with E-state index in [0.29, 0.717) is 0 Å². The van der Waals surface area contributed by atoms with Gasteiger partial charge in [-0.15, -0.1) is 0 Å². The first-order valence-electron chi connectivity index (χ1n) is 6.61. The van der Waals surface area contributed by atoms with E-state index in [1.54, 1.807) is 0 Å². The number of rotatable bonds is 10. The summed E-state index contributed by atoms with van der Waals surface area (Å²) in [4.78, 5) is 13.1. The van der Waals surface area contributed by atoms with Gasteiger partial charge in [-0.25, -0.2) is 4.79 Å². The fraction of sp³-hybridized carbons (Fsp3) is 0.786. The molecule has 0 aromatic heterocycles. The van der Waals surface area contributed by atoms with Gasteiger partial charge in [0.2, 0.25) is 0 Å². The van der Waals surface area contributed by atoms with Crippen molar-refractivity contribution in [3.63, 3.8) is 0 Å². The Bertz CT molecular complexity index is 214. The maximum absolute atomic E-state index is 11.1. The van der Waals surface area contributed by atoms with E-state index in [9.17, 15) is 4.79 Å². The average Bonchev–Trinajstić information content (AvgIpc) is 2.31. The van der Waals surface area contributed by atoms with E-state index in [4.69, 9.17) is 4.74 Å². The molecule has 0 aliphatic rings. The quantitative estimate of drug-likeness (QED) is 0.254.